The molecule has 1 aliphatic heterocycles. The zero-order valence-electron chi connectivity index (χ0n) is 20.2. The van der Waals surface area contributed by atoms with E-state index in [1.54, 1.807) is 48.4 Å². The monoisotopic (exact) mass is 467 g/mol. The topological polar surface area (TPSA) is 104 Å². The predicted molar refractivity (Wildman–Crippen MR) is 131 cm³/mol. The smallest absolute Gasteiger partial charge is 0.410 e. The molecule has 2 heterocycles. The average Bonchev–Trinajstić information content (AvgIpc) is 2.79. The first kappa shape index (κ1) is 25.0. The van der Waals surface area contributed by atoms with Crippen LogP contribution in [0.2, 0.25) is 0 Å². The molecular formula is C25H33N5O4. The first-order chi connectivity index (χ1) is 16.1. The Hall–Kier alpha value is -3.62. The standard InChI is InChI=1S/C25H33N5O4/c1-18(27-23(32)19-8-6-5-7-9-19)16-22(31)28-21-11-10-20(17-26-21)29-12-14-30(15-13-29)24(33)34-25(2,3)4/h5-11,17-18H,12-16H2,1-4H3,(H,27,32)(H,26,28,31). The van der Waals surface area contributed by atoms with Crippen molar-refractivity contribution in [1.82, 2.24) is 15.2 Å². The molecular weight excluding hydrogens is 434 g/mol. The van der Waals surface area contributed by atoms with Gasteiger partial charge < -0.3 is 25.2 Å². The summed E-state index contributed by atoms with van der Waals surface area (Å²) in [6.45, 7) is 9.84. The molecule has 1 aliphatic rings. The Balaban J connectivity index is 1.44. The van der Waals surface area contributed by atoms with E-state index >= 15 is 0 Å². The van der Waals surface area contributed by atoms with Crippen molar-refractivity contribution in [2.24, 2.45) is 0 Å². The van der Waals surface area contributed by atoms with Gasteiger partial charge in [0.15, 0.2) is 0 Å². The van der Waals surface area contributed by atoms with Crippen LogP contribution in [0.4, 0.5) is 16.3 Å². The number of ether oxygens (including phenoxy) is 1. The summed E-state index contributed by atoms with van der Waals surface area (Å²) in [7, 11) is 0. The van der Waals surface area contributed by atoms with Gasteiger partial charge in [0.25, 0.3) is 5.91 Å². The summed E-state index contributed by atoms with van der Waals surface area (Å²) in [5.74, 6) is 0.00459. The van der Waals surface area contributed by atoms with E-state index in [2.05, 4.69) is 20.5 Å². The summed E-state index contributed by atoms with van der Waals surface area (Å²) in [6, 6.07) is 12.2. The molecule has 2 N–H and O–H groups in total. The fraction of sp³-hybridized carbons (Fsp3) is 0.440. The van der Waals surface area contributed by atoms with Gasteiger partial charge in [-0.3, -0.25) is 9.59 Å². The van der Waals surface area contributed by atoms with Crippen molar-refractivity contribution >= 4 is 29.4 Å². The molecule has 0 aliphatic carbocycles. The van der Waals surface area contributed by atoms with E-state index in [9.17, 15) is 14.4 Å². The average molecular weight is 468 g/mol. The first-order valence-electron chi connectivity index (χ1n) is 11.5. The number of aromatic nitrogens is 1. The Morgan fingerprint density at radius 2 is 1.71 bits per heavy atom. The minimum Gasteiger partial charge on any atom is -0.444 e. The number of hydrogen-bond acceptors (Lipinski definition) is 6. The molecule has 0 bridgehead atoms. The molecule has 1 aromatic carbocycles. The number of anilines is 2. The van der Waals surface area contributed by atoms with Gasteiger partial charge in [0.05, 0.1) is 11.9 Å². The summed E-state index contributed by atoms with van der Waals surface area (Å²) < 4.78 is 5.43. The molecule has 1 fully saturated rings. The molecule has 1 aromatic heterocycles. The quantitative estimate of drug-likeness (QED) is 0.676. The lowest BCUT2D eigenvalue weighted by Crippen LogP contribution is -2.50. The van der Waals surface area contributed by atoms with Crippen LogP contribution in [0.25, 0.3) is 0 Å². The van der Waals surface area contributed by atoms with Crippen LogP contribution in [0.15, 0.2) is 48.7 Å². The fourth-order valence-electron chi connectivity index (χ4n) is 3.54. The normalized spacial score (nSPS) is 14.8. The number of carbonyl (C=O) groups excluding carboxylic acids is 3. The number of pyridine rings is 1. The van der Waals surface area contributed by atoms with Gasteiger partial charge in [0.1, 0.15) is 11.4 Å². The van der Waals surface area contributed by atoms with Crippen LogP contribution in [0.1, 0.15) is 44.5 Å². The van der Waals surface area contributed by atoms with Crippen LogP contribution < -0.4 is 15.5 Å². The maximum absolute atomic E-state index is 12.4. The summed E-state index contributed by atoms with van der Waals surface area (Å²) >= 11 is 0. The predicted octanol–water partition coefficient (Wildman–Crippen LogP) is 3.29. The van der Waals surface area contributed by atoms with E-state index < -0.39 is 5.60 Å². The van der Waals surface area contributed by atoms with Crippen LogP contribution in [-0.2, 0) is 9.53 Å². The lowest BCUT2D eigenvalue weighted by molar-refractivity contribution is -0.116. The molecule has 1 saturated heterocycles. The van der Waals surface area contributed by atoms with Crippen LogP contribution >= 0.6 is 0 Å². The molecule has 9 heteroatoms. The van der Waals surface area contributed by atoms with Gasteiger partial charge in [-0.1, -0.05) is 18.2 Å². The number of rotatable bonds is 6. The van der Waals surface area contributed by atoms with Crippen molar-refractivity contribution in [2.45, 2.75) is 45.8 Å². The molecule has 34 heavy (non-hydrogen) atoms. The zero-order valence-corrected chi connectivity index (χ0v) is 20.2. The highest BCUT2D eigenvalue weighted by Gasteiger charge is 2.26. The molecule has 9 nitrogen and oxygen atoms in total. The second kappa shape index (κ2) is 11.0. The van der Waals surface area contributed by atoms with Crippen LogP contribution in [0, 0.1) is 0 Å². The molecule has 0 saturated carbocycles. The Morgan fingerprint density at radius 1 is 1.03 bits per heavy atom. The summed E-state index contributed by atoms with van der Waals surface area (Å²) in [5.41, 5.74) is 0.966. The van der Waals surface area contributed by atoms with Gasteiger partial charge >= 0.3 is 6.09 Å². The maximum atomic E-state index is 12.4. The Kier molecular flexibility index (Phi) is 8.09. The van der Waals surface area contributed by atoms with Gasteiger partial charge in [-0.15, -0.1) is 0 Å². The minimum atomic E-state index is -0.510. The van der Waals surface area contributed by atoms with E-state index in [4.69, 9.17) is 4.74 Å². The third kappa shape index (κ3) is 7.47. The zero-order chi connectivity index (χ0) is 24.7. The van der Waals surface area contributed by atoms with Gasteiger partial charge in [-0.25, -0.2) is 9.78 Å². The van der Waals surface area contributed by atoms with Gasteiger partial charge in [-0.2, -0.15) is 0 Å². The molecule has 0 spiro atoms. The number of piperazine rings is 1. The first-order valence-corrected chi connectivity index (χ1v) is 11.5. The second-order valence-electron chi connectivity index (χ2n) is 9.35. The van der Waals surface area contributed by atoms with Crippen molar-refractivity contribution in [3.8, 4) is 0 Å². The minimum absolute atomic E-state index is 0.134. The third-order valence-electron chi connectivity index (χ3n) is 5.22. The van der Waals surface area contributed by atoms with Crippen molar-refractivity contribution in [1.29, 1.82) is 0 Å². The second-order valence-corrected chi connectivity index (χ2v) is 9.35. The van der Waals surface area contributed by atoms with E-state index in [1.807, 2.05) is 32.9 Å². The molecule has 0 radical (unpaired) electrons. The van der Waals surface area contributed by atoms with Crippen LogP contribution in [0.5, 0.6) is 0 Å². The summed E-state index contributed by atoms with van der Waals surface area (Å²) in [4.78, 5) is 45.0. The Bertz CT molecular complexity index is 981. The van der Waals surface area contributed by atoms with Crippen molar-refractivity contribution < 1.29 is 19.1 Å². The fourth-order valence-corrected chi connectivity index (χ4v) is 3.54. The highest BCUT2D eigenvalue weighted by molar-refractivity contribution is 5.95. The molecule has 182 valence electrons. The molecule has 1 atom stereocenters. The number of carbonyl (C=O) groups is 3. The third-order valence-corrected chi connectivity index (χ3v) is 5.22. The molecule has 2 aromatic rings. The number of nitrogens with one attached hydrogen (secondary N) is 2. The lowest BCUT2D eigenvalue weighted by Gasteiger charge is -2.36. The summed E-state index contributed by atoms with van der Waals surface area (Å²) in [5, 5.41) is 5.60. The van der Waals surface area contributed by atoms with Gasteiger partial charge in [0, 0.05) is 44.2 Å². The molecule has 3 rings (SSSR count). The van der Waals surface area contributed by atoms with Crippen molar-refractivity contribution in [3.05, 3.63) is 54.2 Å². The highest BCUT2D eigenvalue weighted by atomic mass is 16.6. The SMILES string of the molecule is CC(CC(=O)Nc1ccc(N2CCN(C(=O)OC(C)(C)C)CC2)cn1)NC(=O)c1ccccc1. The molecule has 1 unspecified atom stereocenters. The van der Waals surface area contributed by atoms with Gasteiger partial charge in [-0.05, 0) is 52.0 Å². The van der Waals surface area contributed by atoms with Crippen LogP contribution in [-0.4, -0.2) is 65.6 Å². The van der Waals surface area contributed by atoms with E-state index in [1.165, 1.54) is 0 Å². The van der Waals surface area contributed by atoms with Gasteiger partial charge in [0.2, 0.25) is 5.91 Å². The number of benzene rings is 1. The molecule has 3 amide bonds. The number of hydrogen-bond donors (Lipinski definition) is 2. The summed E-state index contributed by atoms with van der Waals surface area (Å²) in [6.07, 6.45) is 1.55. The number of amides is 3. The Morgan fingerprint density at radius 3 is 2.29 bits per heavy atom. The highest BCUT2D eigenvalue weighted by Crippen LogP contribution is 2.19. The van der Waals surface area contributed by atoms with E-state index in [0.29, 0.717) is 37.6 Å². The number of nitrogens with zero attached hydrogens (tertiary/aromatic N) is 3. The maximum Gasteiger partial charge on any atom is 0.410 e. The Labute approximate surface area is 200 Å². The van der Waals surface area contributed by atoms with E-state index in [0.717, 1.165) is 5.69 Å². The van der Waals surface area contributed by atoms with Crippen LogP contribution in [0.3, 0.4) is 0 Å². The van der Waals surface area contributed by atoms with E-state index in [-0.39, 0.29) is 30.4 Å². The van der Waals surface area contributed by atoms with Crippen molar-refractivity contribution in [2.75, 3.05) is 36.4 Å². The lowest BCUT2D eigenvalue weighted by atomic mass is 10.1. The largest absolute Gasteiger partial charge is 0.444 e. The van der Waals surface area contributed by atoms with Crippen molar-refractivity contribution in [3.63, 3.8) is 0 Å².